The van der Waals surface area contributed by atoms with Gasteiger partial charge in [0.15, 0.2) is 0 Å². The minimum absolute atomic E-state index is 0.0898. The number of benzene rings is 1. The zero-order chi connectivity index (χ0) is 13.8. The summed E-state index contributed by atoms with van der Waals surface area (Å²) in [5.74, 6) is -0.0289. The maximum Gasteiger partial charge on any atom is 0.227 e. The number of rotatable bonds is 3. The zero-order valence-electron chi connectivity index (χ0n) is 11.7. The van der Waals surface area contributed by atoms with Crippen molar-refractivity contribution in [2.24, 2.45) is 0 Å². The van der Waals surface area contributed by atoms with Gasteiger partial charge in [0.25, 0.3) is 0 Å². The van der Waals surface area contributed by atoms with Crippen molar-refractivity contribution in [1.82, 2.24) is 5.32 Å². The van der Waals surface area contributed by atoms with E-state index in [2.05, 4.69) is 11.4 Å². The third kappa shape index (κ3) is 3.80. The first-order valence-corrected chi connectivity index (χ1v) is 7.11. The van der Waals surface area contributed by atoms with Crippen LogP contribution >= 0.6 is 0 Å². The van der Waals surface area contributed by atoms with Gasteiger partial charge in [-0.15, -0.1) is 0 Å². The van der Waals surface area contributed by atoms with E-state index < -0.39 is 0 Å². The fraction of sp³-hybridized carbons (Fsp3) is 0.562. The topological polar surface area (TPSA) is 49.3 Å². The van der Waals surface area contributed by atoms with Gasteiger partial charge in [-0.2, -0.15) is 0 Å². The quantitative estimate of drug-likeness (QED) is 0.878. The second-order valence-corrected chi connectivity index (χ2v) is 5.65. The van der Waals surface area contributed by atoms with Crippen LogP contribution in [-0.4, -0.2) is 23.2 Å². The second-order valence-electron chi connectivity index (χ2n) is 5.65. The highest BCUT2D eigenvalue weighted by molar-refractivity contribution is 5.83. The lowest BCUT2D eigenvalue weighted by Gasteiger charge is -2.27. The van der Waals surface area contributed by atoms with Crippen molar-refractivity contribution in [3.8, 4) is 0 Å². The van der Waals surface area contributed by atoms with Gasteiger partial charge in [-0.1, -0.05) is 29.8 Å². The van der Waals surface area contributed by atoms with Crippen LogP contribution in [0.1, 0.15) is 49.7 Å². The summed E-state index contributed by atoms with van der Waals surface area (Å²) in [6.45, 7) is 3.98. The molecule has 0 heterocycles. The first kappa shape index (κ1) is 14.1. The van der Waals surface area contributed by atoms with Crippen molar-refractivity contribution in [2.75, 3.05) is 0 Å². The van der Waals surface area contributed by atoms with Gasteiger partial charge in [0.1, 0.15) is 0 Å². The molecule has 3 heteroatoms. The maximum absolute atomic E-state index is 12.2. The van der Waals surface area contributed by atoms with Crippen LogP contribution in [0.3, 0.4) is 0 Å². The lowest BCUT2D eigenvalue weighted by atomic mass is 9.92. The lowest BCUT2D eigenvalue weighted by Crippen LogP contribution is -2.40. The standard InChI is InChI=1S/C16H23NO2/c1-11-4-3-5-13(10-11)12(2)16(19)17-14-6-8-15(18)9-7-14/h3-5,10,12,14-15,18H,6-9H2,1-2H3,(H,17,19). The molecule has 0 saturated heterocycles. The summed E-state index contributed by atoms with van der Waals surface area (Å²) in [5, 5.41) is 12.6. The number of aryl methyl sites for hydroxylation is 1. The molecule has 1 atom stereocenters. The molecule has 1 fully saturated rings. The van der Waals surface area contributed by atoms with Gasteiger partial charge in [0.2, 0.25) is 5.91 Å². The van der Waals surface area contributed by atoms with E-state index in [0.29, 0.717) is 0 Å². The number of aliphatic hydroxyl groups excluding tert-OH is 1. The molecular weight excluding hydrogens is 238 g/mol. The molecule has 0 radical (unpaired) electrons. The Bertz CT molecular complexity index is 436. The lowest BCUT2D eigenvalue weighted by molar-refractivity contribution is -0.123. The highest BCUT2D eigenvalue weighted by Crippen LogP contribution is 2.21. The number of aliphatic hydroxyl groups is 1. The third-order valence-corrected chi connectivity index (χ3v) is 3.98. The molecule has 3 nitrogen and oxygen atoms in total. The van der Waals surface area contributed by atoms with Crippen LogP contribution in [0.4, 0.5) is 0 Å². The smallest absolute Gasteiger partial charge is 0.227 e. The predicted molar refractivity (Wildman–Crippen MR) is 76.0 cm³/mol. The predicted octanol–water partition coefficient (Wildman–Crippen LogP) is 2.52. The van der Waals surface area contributed by atoms with Crippen LogP contribution < -0.4 is 5.32 Å². The van der Waals surface area contributed by atoms with Crippen LogP contribution in [0.2, 0.25) is 0 Å². The van der Waals surface area contributed by atoms with Crippen molar-refractivity contribution < 1.29 is 9.90 Å². The highest BCUT2D eigenvalue weighted by atomic mass is 16.3. The third-order valence-electron chi connectivity index (χ3n) is 3.98. The van der Waals surface area contributed by atoms with E-state index >= 15 is 0 Å². The van der Waals surface area contributed by atoms with Gasteiger partial charge in [0, 0.05) is 6.04 Å². The molecule has 104 valence electrons. The molecule has 1 aliphatic rings. The molecule has 0 aromatic heterocycles. The SMILES string of the molecule is Cc1cccc(C(C)C(=O)NC2CCC(O)CC2)c1. The number of hydrogen-bond donors (Lipinski definition) is 2. The van der Waals surface area contributed by atoms with Crippen molar-refractivity contribution in [3.05, 3.63) is 35.4 Å². The second kappa shape index (κ2) is 6.20. The average molecular weight is 261 g/mol. The Balaban J connectivity index is 1.92. The zero-order valence-corrected chi connectivity index (χ0v) is 11.7. The molecule has 1 unspecified atom stereocenters. The molecule has 0 bridgehead atoms. The summed E-state index contributed by atoms with van der Waals surface area (Å²) in [7, 11) is 0. The molecule has 2 rings (SSSR count). The largest absolute Gasteiger partial charge is 0.393 e. The molecule has 1 amide bonds. The van der Waals surface area contributed by atoms with E-state index in [1.165, 1.54) is 5.56 Å². The first-order valence-electron chi connectivity index (χ1n) is 7.11. The van der Waals surface area contributed by atoms with Gasteiger partial charge < -0.3 is 10.4 Å². The number of carbonyl (C=O) groups excluding carboxylic acids is 1. The van der Waals surface area contributed by atoms with Crippen molar-refractivity contribution in [1.29, 1.82) is 0 Å². The van der Waals surface area contributed by atoms with Crippen molar-refractivity contribution in [2.45, 2.75) is 57.6 Å². The van der Waals surface area contributed by atoms with Crippen LogP contribution in [-0.2, 0) is 4.79 Å². The minimum Gasteiger partial charge on any atom is -0.393 e. The monoisotopic (exact) mass is 261 g/mol. The molecule has 0 spiro atoms. The number of hydrogen-bond acceptors (Lipinski definition) is 2. The Morgan fingerprint density at radius 1 is 1.32 bits per heavy atom. The van der Waals surface area contributed by atoms with Crippen LogP contribution in [0.25, 0.3) is 0 Å². The minimum atomic E-state index is -0.178. The summed E-state index contributed by atoms with van der Waals surface area (Å²) >= 11 is 0. The van der Waals surface area contributed by atoms with E-state index in [1.807, 2.05) is 32.0 Å². The fourth-order valence-electron chi connectivity index (χ4n) is 2.64. The molecule has 0 aliphatic heterocycles. The molecular formula is C16H23NO2. The highest BCUT2D eigenvalue weighted by Gasteiger charge is 2.23. The molecule has 2 N–H and O–H groups in total. The number of carbonyl (C=O) groups is 1. The number of nitrogens with one attached hydrogen (secondary N) is 1. The Hall–Kier alpha value is -1.35. The van der Waals surface area contributed by atoms with Crippen LogP contribution in [0, 0.1) is 6.92 Å². The Labute approximate surface area is 115 Å². The van der Waals surface area contributed by atoms with Crippen LogP contribution in [0.15, 0.2) is 24.3 Å². The summed E-state index contributed by atoms with van der Waals surface area (Å²) < 4.78 is 0. The number of amides is 1. The summed E-state index contributed by atoms with van der Waals surface area (Å²) in [5.41, 5.74) is 2.24. The molecule has 1 aliphatic carbocycles. The van der Waals surface area contributed by atoms with Crippen molar-refractivity contribution >= 4 is 5.91 Å². The average Bonchev–Trinajstić information content (AvgIpc) is 2.40. The van der Waals surface area contributed by atoms with E-state index in [4.69, 9.17) is 0 Å². The Morgan fingerprint density at radius 2 is 2.00 bits per heavy atom. The fourth-order valence-corrected chi connectivity index (χ4v) is 2.64. The summed E-state index contributed by atoms with van der Waals surface area (Å²) in [4.78, 5) is 12.2. The summed E-state index contributed by atoms with van der Waals surface area (Å²) in [6, 6.07) is 8.32. The van der Waals surface area contributed by atoms with Gasteiger partial charge in [-0.25, -0.2) is 0 Å². The maximum atomic E-state index is 12.2. The molecule has 19 heavy (non-hydrogen) atoms. The first-order chi connectivity index (χ1) is 9.06. The van der Waals surface area contributed by atoms with E-state index in [0.717, 1.165) is 31.2 Å². The Morgan fingerprint density at radius 3 is 2.63 bits per heavy atom. The normalized spacial score (nSPS) is 24.8. The van der Waals surface area contributed by atoms with Gasteiger partial charge in [-0.05, 0) is 45.1 Å². The van der Waals surface area contributed by atoms with Gasteiger partial charge in [-0.3, -0.25) is 4.79 Å². The molecule has 1 saturated carbocycles. The Kier molecular flexibility index (Phi) is 4.59. The molecule has 1 aromatic rings. The van der Waals surface area contributed by atoms with E-state index in [-0.39, 0.29) is 24.0 Å². The molecule has 1 aromatic carbocycles. The van der Waals surface area contributed by atoms with Gasteiger partial charge in [0.05, 0.1) is 12.0 Å². The van der Waals surface area contributed by atoms with E-state index in [9.17, 15) is 9.90 Å². The summed E-state index contributed by atoms with van der Waals surface area (Å²) in [6.07, 6.45) is 3.18. The van der Waals surface area contributed by atoms with E-state index in [1.54, 1.807) is 0 Å². The van der Waals surface area contributed by atoms with Gasteiger partial charge >= 0.3 is 0 Å². The van der Waals surface area contributed by atoms with Crippen molar-refractivity contribution in [3.63, 3.8) is 0 Å². The van der Waals surface area contributed by atoms with Crippen LogP contribution in [0.5, 0.6) is 0 Å².